The van der Waals surface area contributed by atoms with Crippen LogP contribution in [0.15, 0.2) is 18.2 Å². The van der Waals surface area contributed by atoms with Gasteiger partial charge in [-0.25, -0.2) is 13.1 Å². The van der Waals surface area contributed by atoms with Crippen molar-refractivity contribution in [3.8, 4) is 0 Å². The SMILES string of the molecule is O=S(=O)(Cc1c(Cl)cccc1Cl)NCC1CCCN1. The average molecular weight is 323 g/mol. The van der Waals surface area contributed by atoms with E-state index >= 15 is 0 Å². The lowest BCUT2D eigenvalue weighted by Gasteiger charge is -2.13. The second kappa shape index (κ2) is 6.41. The molecule has 1 unspecified atom stereocenters. The topological polar surface area (TPSA) is 58.2 Å². The van der Waals surface area contributed by atoms with E-state index in [-0.39, 0.29) is 11.8 Å². The molecular weight excluding hydrogens is 307 g/mol. The molecule has 1 atom stereocenters. The van der Waals surface area contributed by atoms with Gasteiger partial charge >= 0.3 is 0 Å². The van der Waals surface area contributed by atoms with E-state index in [1.807, 2.05) is 0 Å². The summed E-state index contributed by atoms with van der Waals surface area (Å²) in [5, 5.41) is 3.98. The van der Waals surface area contributed by atoms with Gasteiger partial charge in [-0.2, -0.15) is 0 Å². The Morgan fingerprint density at radius 1 is 1.32 bits per heavy atom. The third-order valence-corrected chi connectivity index (χ3v) is 5.09. The van der Waals surface area contributed by atoms with Crippen molar-refractivity contribution in [3.05, 3.63) is 33.8 Å². The Kier molecular flexibility index (Phi) is 5.09. The molecule has 0 spiro atoms. The van der Waals surface area contributed by atoms with Crippen LogP contribution in [0.4, 0.5) is 0 Å². The van der Waals surface area contributed by atoms with E-state index in [9.17, 15) is 8.42 Å². The van der Waals surface area contributed by atoms with Crippen molar-refractivity contribution in [2.24, 2.45) is 0 Å². The summed E-state index contributed by atoms with van der Waals surface area (Å²) in [7, 11) is -3.43. The van der Waals surface area contributed by atoms with Crippen LogP contribution in [0, 0.1) is 0 Å². The second-order valence-electron chi connectivity index (χ2n) is 4.60. The molecule has 0 aromatic heterocycles. The highest BCUT2D eigenvalue weighted by Gasteiger charge is 2.20. The van der Waals surface area contributed by atoms with Gasteiger partial charge in [0, 0.05) is 28.2 Å². The van der Waals surface area contributed by atoms with E-state index < -0.39 is 10.0 Å². The third kappa shape index (κ3) is 4.33. The van der Waals surface area contributed by atoms with Gasteiger partial charge < -0.3 is 5.32 Å². The van der Waals surface area contributed by atoms with Gasteiger partial charge in [-0.1, -0.05) is 29.3 Å². The molecule has 0 bridgehead atoms. The van der Waals surface area contributed by atoms with Crippen LogP contribution < -0.4 is 10.0 Å². The van der Waals surface area contributed by atoms with Crippen LogP contribution in [0.1, 0.15) is 18.4 Å². The fourth-order valence-electron chi connectivity index (χ4n) is 2.07. The lowest BCUT2D eigenvalue weighted by atomic mass is 10.2. The Labute approximate surface area is 123 Å². The molecule has 4 nitrogen and oxygen atoms in total. The van der Waals surface area contributed by atoms with E-state index in [1.54, 1.807) is 18.2 Å². The van der Waals surface area contributed by atoms with E-state index in [4.69, 9.17) is 23.2 Å². The van der Waals surface area contributed by atoms with E-state index in [1.165, 1.54) is 0 Å². The van der Waals surface area contributed by atoms with Crippen molar-refractivity contribution in [2.75, 3.05) is 13.1 Å². The summed E-state index contributed by atoms with van der Waals surface area (Å²) in [4.78, 5) is 0. The highest BCUT2D eigenvalue weighted by atomic mass is 35.5. The zero-order valence-electron chi connectivity index (χ0n) is 10.3. The standard InChI is InChI=1S/C12H16Cl2N2O2S/c13-11-4-1-5-12(14)10(11)8-19(17,18)16-7-9-3-2-6-15-9/h1,4-5,9,15-16H,2-3,6-8H2. The van der Waals surface area contributed by atoms with E-state index in [2.05, 4.69) is 10.0 Å². The Morgan fingerprint density at radius 3 is 2.58 bits per heavy atom. The molecule has 0 radical (unpaired) electrons. The third-order valence-electron chi connectivity index (χ3n) is 3.11. The summed E-state index contributed by atoms with van der Waals surface area (Å²) in [6, 6.07) is 5.18. The zero-order valence-corrected chi connectivity index (χ0v) is 12.7. The molecule has 0 amide bonds. The molecule has 1 aromatic rings. The molecule has 1 aliphatic heterocycles. The molecule has 2 rings (SSSR count). The number of halogens is 2. The quantitative estimate of drug-likeness (QED) is 0.873. The number of benzene rings is 1. The monoisotopic (exact) mass is 322 g/mol. The maximum Gasteiger partial charge on any atom is 0.215 e. The van der Waals surface area contributed by atoms with Gasteiger partial charge in [0.15, 0.2) is 0 Å². The highest BCUT2D eigenvalue weighted by Crippen LogP contribution is 2.25. The first kappa shape index (κ1) is 15.1. The minimum Gasteiger partial charge on any atom is -0.313 e. The number of sulfonamides is 1. The van der Waals surface area contributed by atoms with Crippen molar-refractivity contribution in [2.45, 2.75) is 24.6 Å². The molecule has 1 aromatic carbocycles. The normalized spacial score (nSPS) is 19.8. The predicted molar refractivity (Wildman–Crippen MR) is 78.1 cm³/mol. The average Bonchev–Trinajstić information content (AvgIpc) is 2.85. The maximum absolute atomic E-state index is 12.0. The fourth-order valence-corrected chi connectivity index (χ4v) is 4.01. The summed E-state index contributed by atoms with van der Waals surface area (Å²) in [5.74, 6) is -0.196. The second-order valence-corrected chi connectivity index (χ2v) is 7.22. The molecule has 1 fully saturated rings. The Bertz CT molecular complexity index is 522. The Balaban J connectivity index is 2.00. The fraction of sp³-hybridized carbons (Fsp3) is 0.500. The lowest BCUT2D eigenvalue weighted by Crippen LogP contribution is -2.37. The van der Waals surface area contributed by atoms with Gasteiger partial charge in [0.2, 0.25) is 10.0 Å². The van der Waals surface area contributed by atoms with Crippen LogP contribution in [0.25, 0.3) is 0 Å². The Hall–Kier alpha value is -0.330. The molecule has 2 N–H and O–H groups in total. The van der Waals surface area contributed by atoms with Crippen LogP contribution in [0.2, 0.25) is 10.0 Å². The lowest BCUT2D eigenvalue weighted by molar-refractivity contribution is 0.551. The summed E-state index contributed by atoms with van der Waals surface area (Å²) in [6.07, 6.45) is 2.08. The molecule has 106 valence electrons. The first-order valence-corrected chi connectivity index (χ1v) is 8.52. The van der Waals surface area contributed by atoms with Crippen molar-refractivity contribution in [1.82, 2.24) is 10.0 Å². The summed E-state index contributed by atoms with van der Waals surface area (Å²) < 4.78 is 26.6. The van der Waals surface area contributed by atoms with E-state index in [0.717, 1.165) is 19.4 Å². The molecule has 1 aliphatic rings. The number of hydrogen-bond donors (Lipinski definition) is 2. The summed E-state index contributed by atoms with van der Waals surface area (Å²) in [5.41, 5.74) is 0.442. The molecule has 0 aliphatic carbocycles. The molecule has 1 heterocycles. The molecule has 7 heteroatoms. The highest BCUT2D eigenvalue weighted by molar-refractivity contribution is 7.88. The molecule has 1 saturated heterocycles. The van der Waals surface area contributed by atoms with Gasteiger partial charge in [0.05, 0.1) is 5.75 Å². The largest absolute Gasteiger partial charge is 0.313 e. The maximum atomic E-state index is 12.0. The Morgan fingerprint density at radius 2 is 2.00 bits per heavy atom. The van der Waals surface area contributed by atoms with Crippen molar-refractivity contribution < 1.29 is 8.42 Å². The minimum absolute atomic E-state index is 0.196. The number of rotatable bonds is 5. The van der Waals surface area contributed by atoms with Gasteiger partial charge in [-0.3, -0.25) is 0 Å². The first-order chi connectivity index (χ1) is 8.98. The summed E-state index contributed by atoms with van der Waals surface area (Å²) >= 11 is 11.9. The van der Waals surface area contributed by atoms with Crippen LogP contribution >= 0.6 is 23.2 Å². The van der Waals surface area contributed by atoms with Crippen LogP contribution in [-0.2, 0) is 15.8 Å². The predicted octanol–water partition coefficient (Wildman–Crippen LogP) is 2.16. The van der Waals surface area contributed by atoms with Crippen LogP contribution in [-0.4, -0.2) is 27.5 Å². The van der Waals surface area contributed by atoms with Gasteiger partial charge in [-0.15, -0.1) is 0 Å². The molecular formula is C12H16Cl2N2O2S. The van der Waals surface area contributed by atoms with E-state index in [0.29, 0.717) is 22.2 Å². The molecule has 19 heavy (non-hydrogen) atoms. The summed E-state index contributed by atoms with van der Waals surface area (Å²) in [6.45, 7) is 1.35. The minimum atomic E-state index is -3.43. The van der Waals surface area contributed by atoms with Crippen molar-refractivity contribution in [3.63, 3.8) is 0 Å². The van der Waals surface area contributed by atoms with Crippen LogP contribution in [0.3, 0.4) is 0 Å². The van der Waals surface area contributed by atoms with Gasteiger partial charge in [-0.05, 0) is 31.5 Å². The van der Waals surface area contributed by atoms with Crippen LogP contribution in [0.5, 0.6) is 0 Å². The van der Waals surface area contributed by atoms with Crippen molar-refractivity contribution in [1.29, 1.82) is 0 Å². The van der Waals surface area contributed by atoms with Gasteiger partial charge in [0.25, 0.3) is 0 Å². The smallest absolute Gasteiger partial charge is 0.215 e. The first-order valence-electron chi connectivity index (χ1n) is 6.11. The zero-order chi connectivity index (χ0) is 13.9. The molecule has 0 saturated carbocycles. The van der Waals surface area contributed by atoms with Gasteiger partial charge in [0.1, 0.15) is 0 Å². The number of nitrogens with one attached hydrogen (secondary N) is 2. The number of hydrogen-bond acceptors (Lipinski definition) is 3. The van der Waals surface area contributed by atoms with Crippen molar-refractivity contribution >= 4 is 33.2 Å².